The quantitative estimate of drug-likeness (QED) is 0.354. The predicted molar refractivity (Wildman–Crippen MR) is 139 cm³/mol. The van der Waals surface area contributed by atoms with Gasteiger partial charge in [0.1, 0.15) is 0 Å². The molecule has 2 amide bonds. The molecule has 35 heavy (non-hydrogen) atoms. The van der Waals surface area contributed by atoms with Crippen LogP contribution in [-0.4, -0.2) is 46.6 Å². The molecule has 0 aliphatic carbocycles. The number of benzene rings is 2. The van der Waals surface area contributed by atoms with Crippen LogP contribution in [0.15, 0.2) is 40.0 Å². The van der Waals surface area contributed by atoms with Crippen LogP contribution in [0.1, 0.15) is 34.2 Å². The highest BCUT2D eigenvalue weighted by molar-refractivity contribution is 9.10. The Kier molecular flexibility index (Phi) is 9.16. The van der Waals surface area contributed by atoms with E-state index in [-0.39, 0.29) is 24.1 Å². The summed E-state index contributed by atoms with van der Waals surface area (Å²) in [6.07, 6.45) is 0. The van der Waals surface area contributed by atoms with E-state index >= 15 is 0 Å². The number of amides is 2. The van der Waals surface area contributed by atoms with E-state index in [1.807, 2.05) is 37.5 Å². The summed E-state index contributed by atoms with van der Waals surface area (Å²) in [7, 11) is 3.06. The summed E-state index contributed by atoms with van der Waals surface area (Å²) < 4.78 is 13.4. The van der Waals surface area contributed by atoms with Gasteiger partial charge in [-0.25, -0.2) is 0 Å². The van der Waals surface area contributed by atoms with Crippen LogP contribution in [0, 0.1) is 13.8 Å². The summed E-state index contributed by atoms with van der Waals surface area (Å²) in [5.41, 5.74) is 3.32. The van der Waals surface area contributed by atoms with Gasteiger partial charge in [-0.15, -0.1) is 10.2 Å². The van der Waals surface area contributed by atoms with Crippen LogP contribution in [0.2, 0.25) is 0 Å². The summed E-state index contributed by atoms with van der Waals surface area (Å²) >= 11 is 4.80. The van der Waals surface area contributed by atoms with Gasteiger partial charge in [-0.05, 0) is 62.2 Å². The number of rotatable bonds is 10. The Labute approximate surface area is 217 Å². The summed E-state index contributed by atoms with van der Waals surface area (Å²) in [5.74, 6) is 1.40. The zero-order valence-corrected chi connectivity index (χ0v) is 22.7. The van der Waals surface area contributed by atoms with Crippen molar-refractivity contribution < 1.29 is 19.1 Å². The van der Waals surface area contributed by atoms with E-state index < -0.39 is 0 Å². The van der Waals surface area contributed by atoms with Crippen molar-refractivity contribution in [3.05, 3.63) is 57.3 Å². The maximum Gasteiger partial charge on any atom is 0.251 e. The van der Waals surface area contributed by atoms with Crippen LogP contribution >= 0.6 is 27.7 Å². The largest absolute Gasteiger partial charge is 0.493 e. The SMILES string of the molecule is CCn1c(CNC(=O)c2ccc(OC)c(OC)c2)nnc1SCC(=O)Nc1ccc(Br)c(C)c1C. The lowest BCUT2D eigenvalue weighted by molar-refractivity contribution is -0.113. The fraction of sp³-hybridized carbons (Fsp3) is 0.333. The Bertz CT molecular complexity index is 1230. The molecule has 186 valence electrons. The number of anilines is 1. The first-order chi connectivity index (χ1) is 16.8. The first kappa shape index (κ1) is 26.6. The van der Waals surface area contributed by atoms with Crippen LogP contribution in [0.4, 0.5) is 5.69 Å². The topological polar surface area (TPSA) is 107 Å². The lowest BCUT2D eigenvalue weighted by Gasteiger charge is -2.12. The lowest BCUT2D eigenvalue weighted by atomic mass is 10.1. The minimum Gasteiger partial charge on any atom is -0.493 e. The van der Waals surface area contributed by atoms with E-state index in [1.165, 1.54) is 26.0 Å². The Morgan fingerprint density at radius 3 is 2.49 bits per heavy atom. The third kappa shape index (κ3) is 6.34. The lowest BCUT2D eigenvalue weighted by Crippen LogP contribution is -2.25. The molecule has 0 fully saturated rings. The van der Waals surface area contributed by atoms with Crippen molar-refractivity contribution in [2.45, 2.75) is 39.0 Å². The summed E-state index contributed by atoms with van der Waals surface area (Å²) in [4.78, 5) is 25.2. The monoisotopic (exact) mass is 561 g/mol. The molecular formula is C24H28BrN5O4S. The normalized spacial score (nSPS) is 10.7. The van der Waals surface area contributed by atoms with Crippen LogP contribution in [0.5, 0.6) is 11.5 Å². The van der Waals surface area contributed by atoms with Crippen molar-refractivity contribution in [2.24, 2.45) is 0 Å². The molecule has 0 atom stereocenters. The number of carbonyl (C=O) groups is 2. The van der Waals surface area contributed by atoms with Gasteiger partial charge in [0.25, 0.3) is 5.91 Å². The van der Waals surface area contributed by atoms with Gasteiger partial charge < -0.3 is 24.7 Å². The second kappa shape index (κ2) is 12.1. The van der Waals surface area contributed by atoms with Gasteiger partial charge in [0.2, 0.25) is 5.91 Å². The minimum absolute atomic E-state index is 0.131. The molecule has 0 radical (unpaired) electrons. The van der Waals surface area contributed by atoms with Crippen molar-refractivity contribution in [3.8, 4) is 11.5 Å². The molecule has 3 rings (SSSR count). The molecule has 0 saturated carbocycles. The molecule has 0 aliphatic heterocycles. The molecule has 2 N–H and O–H groups in total. The molecule has 0 spiro atoms. The smallest absolute Gasteiger partial charge is 0.251 e. The zero-order valence-electron chi connectivity index (χ0n) is 20.3. The minimum atomic E-state index is -0.273. The highest BCUT2D eigenvalue weighted by Gasteiger charge is 2.16. The third-order valence-electron chi connectivity index (χ3n) is 5.49. The second-order valence-electron chi connectivity index (χ2n) is 7.58. The number of aromatic nitrogens is 3. The van der Waals surface area contributed by atoms with Gasteiger partial charge in [-0.2, -0.15) is 0 Å². The van der Waals surface area contributed by atoms with E-state index in [4.69, 9.17) is 9.47 Å². The molecule has 2 aromatic carbocycles. The van der Waals surface area contributed by atoms with Gasteiger partial charge in [-0.3, -0.25) is 9.59 Å². The molecule has 9 nitrogen and oxygen atoms in total. The summed E-state index contributed by atoms with van der Waals surface area (Å²) in [6, 6.07) is 8.76. The molecule has 3 aromatic rings. The number of carbonyl (C=O) groups excluding carboxylic acids is 2. The number of thioether (sulfide) groups is 1. The van der Waals surface area contributed by atoms with Gasteiger partial charge in [-0.1, -0.05) is 27.7 Å². The summed E-state index contributed by atoms with van der Waals surface area (Å²) in [6.45, 7) is 6.72. The molecule has 0 unspecified atom stereocenters. The molecule has 1 aromatic heterocycles. The fourth-order valence-corrected chi connectivity index (χ4v) is 4.60. The van der Waals surface area contributed by atoms with Crippen LogP contribution in [-0.2, 0) is 17.9 Å². The number of nitrogens with zero attached hydrogens (tertiary/aromatic N) is 3. The Hall–Kier alpha value is -3.05. The van der Waals surface area contributed by atoms with Crippen molar-refractivity contribution in [2.75, 3.05) is 25.3 Å². The maximum atomic E-state index is 12.6. The van der Waals surface area contributed by atoms with Gasteiger partial charge in [0.05, 0.1) is 26.5 Å². The molecule has 1 heterocycles. The second-order valence-corrected chi connectivity index (χ2v) is 9.37. The van der Waals surface area contributed by atoms with Gasteiger partial charge in [0.15, 0.2) is 22.5 Å². The van der Waals surface area contributed by atoms with E-state index in [0.717, 1.165) is 21.3 Å². The number of halogens is 1. The van der Waals surface area contributed by atoms with Crippen molar-refractivity contribution in [1.82, 2.24) is 20.1 Å². The average Bonchev–Trinajstić information content (AvgIpc) is 3.27. The zero-order chi connectivity index (χ0) is 25.5. The van der Waals surface area contributed by atoms with Gasteiger partial charge >= 0.3 is 0 Å². The molecule has 0 saturated heterocycles. The molecular weight excluding hydrogens is 534 g/mol. The molecule has 0 bridgehead atoms. The van der Waals surface area contributed by atoms with Crippen LogP contribution in [0.3, 0.4) is 0 Å². The van der Waals surface area contributed by atoms with E-state index in [2.05, 4.69) is 36.8 Å². The number of methoxy groups -OCH3 is 2. The first-order valence-corrected chi connectivity index (χ1v) is 12.7. The van der Waals surface area contributed by atoms with E-state index in [1.54, 1.807) is 18.2 Å². The number of ether oxygens (including phenoxy) is 2. The number of nitrogens with one attached hydrogen (secondary N) is 2. The number of hydrogen-bond donors (Lipinski definition) is 2. The highest BCUT2D eigenvalue weighted by Crippen LogP contribution is 2.28. The van der Waals surface area contributed by atoms with Crippen molar-refractivity contribution in [3.63, 3.8) is 0 Å². The molecule has 11 heteroatoms. The van der Waals surface area contributed by atoms with Crippen LogP contribution < -0.4 is 20.1 Å². The first-order valence-electron chi connectivity index (χ1n) is 10.9. The highest BCUT2D eigenvalue weighted by atomic mass is 79.9. The Morgan fingerprint density at radius 1 is 1.06 bits per heavy atom. The Balaban J connectivity index is 1.60. The molecule has 0 aliphatic rings. The van der Waals surface area contributed by atoms with Crippen molar-refractivity contribution in [1.29, 1.82) is 0 Å². The average molecular weight is 562 g/mol. The van der Waals surface area contributed by atoms with Crippen LogP contribution in [0.25, 0.3) is 0 Å². The Morgan fingerprint density at radius 2 is 1.80 bits per heavy atom. The van der Waals surface area contributed by atoms with Gasteiger partial charge in [0, 0.05) is 22.3 Å². The van der Waals surface area contributed by atoms with E-state index in [9.17, 15) is 9.59 Å². The standard InChI is InChI=1S/C24H28BrN5O4S/c1-6-30-21(12-26-23(32)16-7-10-19(33-4)20(11-16)34-5)28-29-24(30)35-13-22(31)27-18-9-8-17(25)14(2)15(18)3/h7-11H,6,12-13H2,1-5H3,(H,26,32)(H,27,31). The maximum absolute atomic E-state index is 12.6. The fourth-order valence-electron chi connectivity index (χ4n) is 3.35. The predicted octanol–water partition coefficient (Wildman–Crippen LogP) is 4.36. The van der Waals surface area contributed by atoms with Crippen molar-refractivity contribution >= 4 is 45.2 Å². The van der Waals surface area contributed by atoms with E-state index in [0.29, 0.717) is 34.6 Å². The third-order valence-corrected chi connectivity index (χ3v) is 7.32. The summed E-state index contributed by atoms with van der Waals surface area (Å²) in [5, 5.41) is 14.8. The number of hydrogen-bond acceptors (Lipinski definition) is 7.